The van der Waals surface area contributed by atoms with Gasteiger partial charge in [-0.15, -0.1) is 0 Å². The van der Waals surface area contributed by atoms with Crippen LogP contribution in [0.1, 0.15) is 5.56 Å². The van der Waals surface area contributed by atoms with Gasteiger partial charge in [-0.25, -0.2) is 4.39 Å². The maximum Gasteiger partial charge on any atom is 0.231 e. The second-order valence-electron chi connectivity index (χ2n) is 4.62. The molecule has 0 amide bonds. The fraction of sp³-hybridized carbons (Fsp3) is 0.133. The summed E-state index contributed by atoms with van der Waals surface area (Å²) in [6.07, 6.45) is 0. The van der Waals surface area contributed by atoms with Gasteiger partial charge in [-0.05, 0) is 48.1 Å². The third-order valence-electron chi connectivity index (χ3n) is 3.07. The van der Waals surface area contributed by atoms with Crippen LogP contribution >= 0.6 is 23.8 Å². The van der Waals surface area contributed by atoms with Gasteiger partial charge in [0.25, 0.3) is 0 Å². The van der Waals surface area contributed by atoms with Crippen LogP contribution in [0, 0.1) is 5.82 Å². The van der Waals surface area contributed by atoms with E-state index in [9.17, 15) is 4.39 Å². The Morgan fingerprint density at radius 1 is 1.18 bits per heavy atom. The summed E-state index contributed by atoms with van der Waals surface area (Å²) in [7, 11) is 0. The molecular weight excluding hydrogens is 327 g/mol. The number of anilines is 1. The zero-order valence-corrected chi connectivity index (χ0v) is 12.9. The summed E-state index contributed by atoms with van der Waals surface area (Å²) in [6.45, 7) is 0.713. The van der Waals surface area contributed by atoms with Crippen molar-refractivity contribution in [1.29, 1.82) is 0 Å². The lowest BCUT2D eigenvalue weighted by atomic mass is 10.2. The number of benzene rings is 2. The van der Waals surface area contributed by atoms with Crippen LogP contribution in [-0.2, 0) is 6.54 Å². The molecule has 0 saturated heterocycles. The highest BCUT2D eigenvalue weighted by Crippen LogP contribution is 2.32. The van der Waals surface area contributed by atoms with E-state index in [1.165, 1.54) is 18.2 Å². The lowest BCUT2D eigenvalue weighted by Crippen LogP contribution is -2.28. The zero-order chi connectivity index (χ0) is 15.5. The van der Waals surface area contributed by atoms with Crippen LogP contribution in [0.3, 0.4) is 0 Å². The third-order valence-corrected chi connectivity index (χ3v) is 3.55. The van der Waals surface area contributed by atoms with E-state index in [0.717, 1.165) is 11.3 Å². The Labute approximate surface area is 137 Å². The molecule has 0 spiro atoms. The quantitative estimate of drug-likeness (QED) is 0.835. The van der Waals surface area contributed by atoms with Gasteiger partial charge in [0.15, 0.2) is 16.6 Å². The van der Waals surface area contributed by atoms with Gasteiger partial charge in [-0.3, -0.25) is 0 Å². The fourth-order valence-corrected chi connectivity index (χ4v) is 2.35. The second-order valence-corrected chi connectivity index (χ2v) is 5.46. The number of hydrogen-bond donors (Lipinski definition) is 2. The van der Waals surface area contributed by atoms with Crippen LogP contribution in [0.15, 0.2) is 36.4 Å². The number of thiocarbonyl (C=S) groups is 1. The maximum absolute atomic E-state index is 13.6. The van der Waals surface area contributed by atoms with Crippen molar-refractivity contribution in [2.75, 3.05) is 12.1 Å². The fourth-order valence-electron chi connectivity index (χ4n) is 1.99. The molecule has 4 nitrogen and oxygen atoms in total. The Bertz CT molecular complexity index is 727. The van der Waals surface area contributed by atoms with E-state index in [4.69, 9.17) is 33.3 Å². The van der Waals surface area contributed by atoms with Crippen molar-refractivity contribution >= 4 is 34.6 Å². The predicted octanol–water partition coefficient (Wildman–Crippen LogP) is 3.69. The molecule has 0 aliphatic carbocycles. The summed E-state index contributed by atoms with van der Waals surface area (Å²) < 4.78 is 24.2. The van der Waals surface area contributed by atoms with E-state index in [-0.39, 0.29) is 12.5 Å². The molecular formula is C15H12ClFN2O2S. The summed E-state index contributed by atoms with van der Waals surface area (Å²) in [4.78, 5) is 0. The highest BCUT2D eigenvalue weighted by molar-refractivity contribution is 7.80. The lowest BCUT2D eigenvalue weighted by Gasteiger charge is -2.11. The van der Waals surface area contributed by atoms with E-state index < -0.39 is 5.82 Å². The van der Waals surface area contributed by atoms with E-state index in [1.54, 1.807) is 0 Å². The standard InChI is InChI=1S/C15H12ClFN2O2S/c16-10-2-3-11(17)12(6-10)19-15(22)18-7-9-1-4-13-14(5-9)21-8-20-13/h1-6H,7-8H2,(H2,18,19,22). The summed E-state index contributed by atoms with van der Waals surface area (Å²) in [5.74, 6) is 1.01. The summed E-state index contributed by atoms with van der Waals surface area (Å²) in [6, 6.07) is 9.86. The number of hydrogen-bond acceptors (Lipinski definition) is 3. The molecule has 0 bridgehead atoms. The number of ether oxygens (including phenoxy) is 2. The van der Waals surface area contributed by atoms with E-state index >= 15 is 0 Å². The van der Waals surface area contributed by atoms with Crippen molar-refractivity contribution in [3.63, 3.8) is 0 Å². The first-order chi connectivity index (χ1) is 10.6. The summed E-state index contributed by atoms with van der Waals surface area (Å²) in [5, 5.41) is 6.52. The molecule has 2 aromatic rings. The molecule has 0 atom stereocenters. The van der Waals surface area contributed by atoms with Gasteiger partial charge in [-0.2, -0.15) is 0 Å². The highest BCUT2D eigenvalue weighted by atomic mass is 35.5. The maximum atomic E-state index is 13.6. The average molecular weight is 339 g/mol. The van der Waals surface area contributed by atoms with Crippen LogP contribution in [0.5, 0.6) is 11.5 Å². The third kappa shape index (κ3) is 3.40. The Hall–Kier alpha value is -2.05. The van der Waals surface area contributed by atoms with Gasteiger partial charge in [0.1, 0.15) is 5.82 Å². The smallest absolute Gasteiger partial charge is 0.231 e. The molecule has 2 aromatic carbocycles. The molecule has 2 N–H and O–H groups in total. The van der Waals surface area contributed by atoms with Gasteiger partial charge < -0.3 is 20.1 Å². The molecule has 0 unspecified atom stereocenters. The predicted molar refractivity (Wildman–Crippen MR) is 87.0 cm³/mol. The number of halogens is 2. The summed E-state index contributed by atoms with van der Waals surface area (Å²) >= 11 is 11.0. The van der Waals surface area contributed by atoms with Crippen LogP contribution < -0.4 is 20.1 Å². The van der Waals surface area contributed by atoms with Gasteiger partial charge >= 0.3 is 0 Å². The first kappa shape index (κ1) is 14.9. The van der Waals surface area contributed by atoms with Crippen LogP contribution in [0.25, 0.3) is 0 Å². The van der Waals surface area contributed by atoms with Gasteiger partial charge in [-0.1, -0.05) is 17.7 Å². The van der Waals surface area contributed by atoms with Crippen molar-refractivity contribution in [3.8, 4) is 11.5 Å². The molecule has 0 fully saturated rings. The minimum absolute atomic E-state index is 0.232. The van der Waals surface area contributed by atoms with Crippen molar-refractivity contribution in [2.24, 2.45) is 0 Å². The van der Waals surface area contributed by atoms with Crippen molar-refractivity contribution < 1.29 is 13.9 Å². The van der Waals surface area contributed by atoms with Crippen LogP contribution in [-0.4, -0.2) is 11.9 Å². The monoisotopic (exact) mass is 338 g/mol. The molecule has 0 saturated carbocycles. The normalized spacial score (nSPS) is 12.1. The molecule has 0 aromatic heterocycles. The second kappa shape index (κ2) is 6.37. The van der Waals surface area contributed by atoms with Gasteiger partial charge in [0.05, 0.1) is 5.69 Å². The zero-order valence-electron chi connectivity index (χ0n) is 11.4. The van der Waals surface area contributed by atoms with Crippen molar-refractivity contribution in [2.45, 2.75) is 6.54 Å². The first-order valence-electron chi connectivity index (χ1n) is 6.50. The Morgan fingerprint density at radius 2 is 2.00 bits per heavy atom. The molecule has 1 aliphatic rings. The first-order valence-corrected chi connectivity index (χ1v) is 7.29. The SMILES string of the molecule is Fc1ccc(Cl)cc1NC(=S)NCc1ccc2c(c1)OCO2. The molecule has 7 heteroatoms. The number of nitrogens with one attached hydrogen (secondary N) is 2. The van der Waals surface area contributed by atoms with Crippen LogP contribution in [0.4, 0.5) is 10.1 Å². The van der Waals surface area contributed by atoms with Crippen molar-refractivity contribution in [1.82, 2.24) is 5.32 Å². The minimum atomic E-state index is -0.420. The Balaban J connectivity index is 1.59. The van der Waals surface area contributed by atoms with E-state index in [1.807, 2.05) is 18.2 Å². The molecule has 1 aliphatic heterocycles. The average Bonchev–Trinajstić information content (AvgIpc) is 2.96. The van der Waals surface area contributed by atoms with E-state index in [0.29, 0.717) is 22.4 Å². The topological polar surface area (TPSA) is 42.5 Å². The highest BCUT2D eigenvalue weighted by Gasteiger charge is 2.13. The Kier molecular flexibility index (Phi) is 4.31. The molecule has 0 radical (unpaired) electrons. The lowest BCUT2D eigenvalue weighted by molar-refractivity contribution is 0.174. The molecule has 114 valence electrons. The molecule has 1 heterocycles. The van der Waals surface area contributed by atoms with E-state index in [2.05, 4.69) is 10.6 Å². The Morgan fingerprint density at radius 3 is 2.86 bits per heavy atom. The van der Waals surface area contributed by atoms with Crippen LogP contribution in [0.2, 0.25) is 5.02 Å². The van der Waals surface area contributed by atoms with Gasteiger partial charge in [0.2, 0.25) is 6.79 Å². The number of fused-ring (bicyclic) bond motifs is 1. The molecule has 3 rings (SSSR count). The van der Waals surface area contributed by atoms with Gasteiger partial charge in [0, 0.05) is 11.6 Å². The molecule has 22 heavy (non-hydrogen) atoms. The number of rotatable bonds is 3. The largest absolute Gasteiger partial charge is 0.454 e. The minimum Gasteiger partial charge on any atom is -0.454 e. The summed E-state index contributed by atoms with van der Waals surface area (Å²) in [5.41, 5.74) is 1.20. The van der Waals surface area contributed by atoms with Crippen molar-refractivity contribution in [3.05, 3.63) is 52.8 Å².